The number of rotatable bonds is 8. The summed E-state index contributed by atoms with van der Waals surface area (Å²) in [7, 11) is -3.00. The van der Waals surface area contributed by atoms with Crippen LogP contribution in [-0.4, -0.2) is 57.2 Å². The van der Waals surface area contributed by atoms with Gasteiger partial charge in [-0.05, 0) is 32.1 Å². The van der Waals surface area contributed by atoms with Crippen molar-refractivity contribution in [1.29, 1.82) is 0 Å². The molecule has 1 aliphatic carbocycles. The van der Waals surface area contributed by atoms with Crippen LogP contribution in [0.1, 0.15) is 58.3 Å². The van der Waals surface area contributed by atoms with E-state index in [1.165, 1.54) is 38.5 Å². The molecular weight excluding hydrogens is 451 g/mol. The maximum absolute atomic E-state index is 11.8. The van der Waals surface area contributed by atoms with Crippen LogP contribution in [-0.2, 0) is 10.0 Å². The van der Waals surface area contributed by atoms with Crippen LogP contribution in [0.25, 0.3) is 0 Å². The van der Waals surface area contributed by atoms with Crippen molar-refractivity contribution in [3.8, 4) is 0 Å². The molecule has 1 saturated carbocycles. The zero-order valence-corrected chi connectivity index (χ0v) is 18.7. The van der Waals surface area contributed by atoms with Gasteiger partial charge in [0.1, 0.15) is 0 Å². The highest BCUT2D eigenvalue weighted by Gasteiger charge is 2.27. The van der Waals surface area contributed by atoms with Crippen molar-refractivity contribution < 1.29 is 8.42 Å². The van der Waals surface area contributed by atoms with E-state index in [1.807, 2.05) is 6.92 Å². The van der Waals surface area contributed by atoms with Crippen LogP contribution in [0.4, 0.5) is 0 Å². The van der Waals surface area contributed by atoms with Crippen LogP contribution >= 0.6 is 24.0 Å². The second-order valence-electron chi connectivity index (χ2n) is 6.90. The van der Waals surface area contributed by atoms with Crippen molar-refractivity contribution in [3.05, 3.63) is 0 Å². The summed E-state index contributed by atoms with van der Waals surface area (Å²) in [4.78, 5) is 4.62. The van der Waals surface area contributed by atoms with Gasteiger partial charge in [0.05, 0.1) is 5.75 Å². The Labute approximate surface area is 170 Å². The Kier molecular flexibility index (Phi) is 11.3. The second-order valence-corrected chi connectivity index (χ2v) is 8.99. The molecule has 2 aliphatic rings. The molecule has 2 N–H and O–H groups in total. The first-order valence-corrected chi connectivity index (χ1v) is 11.2. The quantitative estimate of drug-likeness (QED) is 0.240. The van der Waals surface area contributed by atoms with Crippen LogP contribution in [0.5, 0.6) is 0 Å². The fourth-order valence-corrected chi connectivity index (χ4v) is 5.16. The molecule has 0 aromatic rings. The van der Waals surface area contributed by atoms with Crippen LogP contribution in [0, 0.1) is 5.92 Å². The Morgan fingerprint density at radius 2 is 1.92 bits per heavy atom. The Hall–Kier alpha value is -0.0900. The first kappa shape index (κ1) is 23.0. The number of guanidine groups is 1. The minimum Gasteiger partial charge on any atom is -0.357 e. The summed E-state index contributed by atoms with van der Waals surface area (Å²) in [5.74, 6) is 2.00. The fourth-order valence-electron chi connectivity index (χ4n) is 3.63. The van der Waals surface area contributed by atoms with Crippen molar-refractivity contribution in [2.75, 3.05) is 38.5 Å². The average molecular weight is 486 g/mol. The van der Waals surface area contributed by atoms with Crippen LogP contribution < -0.4 is 10.6 Å². The number of hydrogen-bond acceptors (Lipinski definition) is 3. The molecule has 0 amide bonds. The summed E-state index contributed by atoms with van der Waals surface area (Å²) in [5, 5.41) is 6.49. The smallest absolute Gasteiger partial charge is 0.214 e. The third-order valence-corrected chi connectivity index (χ3v) is 6.92. The normalized spacial score (nSPS) is 21.7. The molecule has 0 aromatic carbocycles. The molecule has 0 spiro atoms. The van der Waals surface area contributed by atoms with E-state index in [9.17, 15) is 8.42 Å². The maximum atomic E-state index is 11.8. The Morgan fingerprint density at radius 3 is 2.56 bits per heavy atom. The average Bonchev–Trinajstić information content (AvgIpc) is 2.91. The molecule has 1 saturated heterocycles. The molecule has 148 valence electrons. The molecule has 0 unspecified atom stereocenters. The minimum absolute atomic E-state index is 0. The standard InChI is InChI=1S/C17H34N4O2S.HI/c1-2-18-17(19-11-6-10-16-8-4-3-5-9-16)20-12-14-21-13-7-15-24(21,22)23;/h16H,2-15H2,1H3,(H2,18,19,20);1H. The van der Waals surface area contributed by atoms with Gasteiger partial charge in [-0.2, -0.15) is 0 Å². The number of nitrogens with zero attached hydrogens (tertiary/aromatic N) is 2. The van der Waals surface area contributed by atoms with Crippen molar-refractivity contribution in [3.63, 3.8) is 0 Å². The highest BCUT2D eigenvalue weighted by molar-refractivity contribution is 14.0. The molecular formula is C17H35IN4O2S. The molecule has 0 radical (unpaired) electrons. The summed E-state index contributed by atoms with van der Waals surface area (Å²) in [6, 6.07) is 0. The van der Waals surface area contributed by atoms with Gasteiger partial charge >= 0.3 is 0 Å². The molecule has 8 heteroatoms. The van der Waals surface area contributed by atoms with Crippen molar-refractivity contribution in [2.24, 2.45) is 10.9 Å². The SMILES string of the molecule is CCNC(=NCCCC1CCCCC1)NCCN1CCCS1(=O)=O.I. The molecule has 2 fully saturated rings. The lowest BCUT2D eigenvalue weighted by molar-refractivity contribution is 0.334. The van der Waals surface area contributed by atoms with E-state index < -0.39 is 10.0 Å². The zero-order valence-electron chi connectivity index (χ0n) is 15.5. The van der Waals surface area contributed by atoms with Gasteiger partial charge in [0.15, 0.2) is 5.96 Å². The number of aliphatic imine (C=N–C) groups is 1. The van der Waals surface area contributed by atoms with E-state index in [0.29, 0.717) is 25.4 Å². The second kappa shape index (κ2) is 12.3. The number of hydrogen-bond donors (Lipinski definition) is 2. The van der Waals surface area contributed by atoms with Gasteiger partial charge in [-0.15, -0.1) is 24.0 Å². The first-order valence-electron chi connectivity index (χ1n) is 9.62. The third kappa shape index (κ3) is 8.43. The van der Waals surface area contributed by atoms with Crippen LogP contribution in [0.3, 0.4) is 0 Å². The van der Waals surface area contributed by atoms with Crippen molar-refractivity contribution in [1.82, 2.24) is 14.9 Å². The predicted octanol–water partition coefficient (Wildman–Crippen LogP) is 2.56. The van der Waals surface area contributed by atoms with Gasteiger partial charge in [0.25, 0.3) is 0 Å². The van der Waals surface area contributed by atoms with Crippen molar-refractivity contribution >= 4 is 40.0 Å². The topological polar surface area (TPSA) is 73.8 Å². The van der Waals surface area contributed by atoms with Gasteiger partial charge in [-0.25, -0.2) is 12.7 Å². The lowest BCUT2D eigenvalue weighted by Gasteiger charge is -2.21. The molecule has 25 heavy (non-hydrogen) atoms. The largest absolute Gasteiger partial charge is 0.357 e. The number of halogens is 1. The van der Waals surface area contributed by atoms with E-state index in [0.717, 1.165) is 37.8 Å². The molecule has 0 bridgehead atoms. The van der Waals surface area contributed by atoms with Crippen molar-refractivity contribution in [2.45, 2.75) is 58.3 Å². The summed E-state index contributed by atoms with van der Waals surface area (Å²) >= 11 is 0. The van der Waals surface area contributed by atoms with Gasteiger partial charge in [-0.3, -0.25) is 4.99 Å². The Bertz CT molecular complexity index is 493. The van der Waals surface area contributed by atoms with Gasteiger partial charge < -0.3 is 10.6 Å². The van der Waals surface area contributed by atoms with Crippen LogP contribution in [0.2, 0.25) is 0 Å². The third-order valence-electron chi connectivity index (χ3n) is 4.97. The molecule has 6 nitrogen and oxygen atoms in total. The Morgan fingerprint density at radius 1 is 1.16 bits per heavy atom. The summed E-state index contributed by atoms with van der Waals surface area (Å²) < 4.78 is 25.1. The van der Waals surface area contributed by atoms with E-state index in [-0.39, 0.29) is 24.0 Å². The monoisotopic (exact) mass is 486 g/mol. The highest BCUT2D eigenvalue weighted by atomic mass is 127. The van der Waals surface area contributed by atoms with E-state index in [2.05, 4.69) is 15.6 Å². The number of nitrogens with one attached hydrogen (secondary N) is 2. The lowest BCUT2D eigenvalue weighted by Crippen LogP contribution is -2.42. The summed E-state index contributed by atoms with van der Waals surface area (Å²) in [6.07, 6.45) is 10.2. The van der Waals surface area contributed by atoms with E-state index in [4.69, 9.17) is 0 Å². The fraction of sp³-hybridized carbons (Fsp3) is 0.941. The minimum atomic E-state index is -3.00. The molecule has 2 rings (SSSR count). The molecule has 1 aliphatic heterocycles. The van der Waals surface area contributed by atoms with Gasteiger partial charge in [0.2, 0.25) is 10.0 Å². The summed E-state index contributed by atoms with van der Waals surface area (Å²) in [6.45, 7) is 5.48. The predicted molar refractivity (Wildman–Crippen MR) is 115 cm³/mol. The van der Waals surface area contributed by atoms with E-state index in [1.54, 1.807) is 4.31 Å². The van der Waals surface area contributed by atoms with Gasteiger partial charge in [0, 0.05) is 32.7 Å². The number of sulfonamides is 1. The summed E-state index contributed by atoms with van der Waals surface area (Å²) in [5.41, 5.74) is 0. The molecule has 0 atom stereocenters. The first-order chi connectivity index (χ1) is 11.6. The van der Waals surface area contributed by atoms with Gasteiger partial charge in [-0.1, -0.05) is 32.1 Å². The lowest BCUT2D eigenvalue weighted by atomic mass is 9.86. The zero-order chi connectivity index (χ0) is 17.3. The Balaban J connectivity index is 0.00000312. The van der Waals surface area contributed by atoms with Crippen LogP contribution in [0.15, 0.2) is 4.99 Å². The molecule has 0 aromatic heterocycles. The highest BCUT2D eigenvalue weighted by Crippen LogP contribution is 2.27. The molecule has 1 heterocycles. The maximum Gasteiger partial charge on any atom is 0.214 e. The van der Waals surface area contributed by atoms with E-state index >= 15 is 0 Å².